The number of benzene rings is 1. The van der Waals surface area contributed by atoms with E-state index >= 15 is 0 Å². The van der Waals surface area contributed by atoms with E-state index in [-0.39, 0.29) is 6.04 Å². The first kappa shape index (κ1) is 14.0. The van der Waals surface area contributed by atoms with E-state index in [0.717, 1.165) is 18.7 Å². The van der Waals surface area contributed by atoms with Crippen LogP contribution in [0, 0.1) is 15.9 Å². The first-order valence-corrected chi connectivity index (χ1v) is 6.00. The largest absolute Gasteiger partial charge is 0.308 e. The van der Waals surface area contributed by atoms with Gasteiger partial charge in [0.25, 0.3) is 0 Å². The van der Waals surface area contributed by atoms with Gasteiger partial charge in [-0.05, 0) is 30.0 Å². The molecule has 0 radical (unpaired) electrons. The molecule has 0 amide bonds. The van der Waals surface area contributed by atoms with Crippen molar-refractivity contribution in [1.82, 2.24) is 25.5 Å². The van der Waals surface area contributed by atoms with Gasteiger partial charge < -0.3 is 5.32 Å². The molecule has 1 N–H and O–H groups in total. The molecule has 0 aliphatic rings. The van der Waals surface area contributed by atoms with Crippen LogP contribution in [-0.2, 0) is 0 Å². The fourth-order valence-corrected chi connectivity index (χ4v) is 1.82. The van der Waals surface area contributed by atoms with Gasteiger partial charge in [0.15, 0.2) is 5.82 Å². The Morgan fingerprint density at radius 1 is 1.55 bits per heavy atom. The third-order valence-electron chi connectivity index (χ3n) is 2.76. The van der Waals surface area contributed by atoms with Gasteiger partial charge in [0, 0.05) is 12.1 Å². The summed E-state index contributed by atoms with van der Waals surface area (Å²) in [5.74, 6) is -0.426. The zero-order chi connectivity index (χ0) is 14.7. The highest BCUT2D eigenvalue weighted by atomic mass is 19.1. The number of hydrogen-bond donors (Lipinski definition) is 1. The predicted octanol–water partition coefficient (Wildman–Crippen LogP) is 1.38. The van der Waals surface area contributed by atoms with E-state index in [1.165, 1.54) is 10.7 Å². The molecule has 0 saturated carbocycles. The average Bonchev–Trinajstić information content (AvgIpc) is 2.87. The summed E-state index contributed by atoms with van der Waals surface area (Å²) in [6, 6.07) is 3.40. The smallest absolute Gasteiger partial charge is 0.304 e. The van der Waals surface area contributed by atoms with Crippen LogP contribution in [0.1, 0.15) is 25.7 Å². The molecule has 20 heavy (non-hydrogen) atoms. The van der Waals surface area contributed by atoms with Gasteiger partial charge in [0.1, 0.15) is 0 Å². The summed E-state index contributed by atoms with van der Waals surface area (Å²) in [7, 11) is 0. The van der Waals surface area contributed by atoms with Crippen LogP contribution in [0.2, 0.25) is 0 Å². The highest BCUT2D eigenvalue weighted by Crippen LogP contribution is 2.21. The lowest BCUT2D eigenvalue weighted by Crippen LogP contribution is -2.21. The van der Waals surface area contributed by atoms with Crippen molar-refractivity contribution >= 4 is 5.69 Å². The molecule has 2 rings (SSSR count). The van der Waals surface area contributed by atoms with E-state index in [2.05, 4.69) is 20.8 Å². The van der Waals surface area contributed by atoms with Crippen molar-refractivity contribution in [2.24, 2.45) is 0 Å². The summed E-state index contributed by atoms with van der Waals surface area (Å²) in [5, 5.41) is 24.9. The summed E-state index contributed by atoms with van der Waals surface area (Å²) in [4.78, 5) is 9.81. The number of nitrogens with one attached hydrogen (secondary N) is 1. The predicted molar refractivity (Wildman–Crippen MR) is 67.9 cm³/mol. The van der Waals surface area contributed by atoms with E-state index in [0.29, 0.717) is 11.5 Å². The number of nitro groups is 1. The van der Waals surface area contributed by atoms with Crippen LogP contribution in [0.3, 0.4) is 0 Å². The Morgan fingerprint density at radius 2 is 2.30 bits per heavy atom. The summed E-state index contributed by atoms with van der Waals surface area (Å²) in [5.41, 5.74) is -0.249. The van der Waals surface area contributed by atoms with E-state index in [9.17, 15) is 14.5 Å². The van der Waals surface area contributed by atoms with Gasteiger partial charge in [-0.15, -0.1) is 5.10 Å². The molecule has 8 nitrogen and oxygen atoms in total. The minimum Gasteiger partial charge on any atom is -0.308 e. The van der Waals surface area contributed by atoms with Crippen molar-refractivity contribution in [3.63, 3.8) is 0 Å². The zero-order valence-corrected chi connectivity index (χ0v) is 10.9. The summed E-state index contributed by atoms with van der Waals surface area (Å²) >= 11 is 0. The Hall–Kier alpha value is -2.42. The van der Waals surface area contributed by atoms with E-state index in [1.807, 2.05) is 13.8 Å². The normalized spacial score (nSPS) is 12.3. The topological polar surface area (TPSA) is 98.8 Å². The average molecular weight is 280 g/mol. The number of tetrazole rings is 1. The van der Waals surface area contributed by atoms with Gasteiger partial charge in [-0.3, -0.25) is 10.1 Å². The standard InChI is InChI=1S/C11H13FN6O2/c1-3-13-7(2)11-14-15-16-17(11)8-4-5-10(18(19)20)9(12)6-8/h4-7,13H,3H2,1-2H3. The van der Waals surface area contributed by atoms with Gasteiger partial charge in [0.05, 0.1) is 16.7 Å². The molecule has 1 aromatic carbocycles. The third-order valence-corrected chi connectivity index (χ3v) is 2.76. The molecule has 1 atom stereocenters. The van der Waals surface area contributed by atoms with E-state index in [1.54, 1.807) is 0 Å². The maximum atomic E-state index is 13.6. The molecule has 0 aliphatic heterocycles. The Balaban J connectivity index is 2.40. The first-order chi connectivity index (χ1) is 9.54. The molecule has 0 fully saturated rings. The fraction of sp³-hybridized carbons (Fsp3) is 0.364. The molecule has 1 heterocycles. The lowest BCUT2D eigenvalue weighted by atomic mass is 10.2. The lowest BCUT2D eigenvalue weighted by Gasteiger charge is -2.11. The Kier molecular flexibility index (Phi) is 3.99. The minimum absolute atomic E-state index is 0.131. The second-order valence-electron chi connectivity index (χ2n) is 4.12. The van der Waals surface area contributed by atoms with Crippen LogP contribution < -0.4 is 5.32 Å². The minimum atomic E-state index is -0.926. The van der Waals surface area contributed by atoms with Crippen molar-refractivity contribution in [3.05, 3.63) is 40.0 Å². The van der Waals surface area contributed by atoms with Gasteiger partial charge in [-0.25, -0.2) is 0 Å². The van der Waals surface area contributed by atoms with E-state index < -0.39 is 16.4 Å². The third kappa shape index (κ3) is 2.62. The molecule has 1 aromatic heterocycles. The van der Waals surface area contributed by atoms with Gasteiger partial charge in [-0.1, -0.05) is 6.92 Å². The molecule has 0 saturated heterocycles. The van der Waals surface area contributed by atoms with Crippen molar-refractivity contribution in [3.8, 4) is 5.69 Å². The van der Waals surface area contributed by atoms with Crippen LogP contribution in [0.4, 0.5) is 10.1 Å². The van der Waals surface area contributed by atoms with Gasteiger partial charge >= 0.3 is 5.69 Å². The second kappa shape index (κ2) is 5.70. The Morgan fingerprint density at radius 3 is 2.90 bits per heavy atom. The second-order valence-corrected chi connectivity index (χ2v) is 4.12. The van der Waals surface area contributed by atoms with Crippen LogP contribution in [0.5, 0.6) is 0 Å². The summed E-state index contributed by atoms with van der Waals surface area (Å²) < 4.78 is 15.0. The monoisotopic (exact) mass is 280 g/mol. The zero-order valence-electron chi connectivity index (χ0n) is 10.9. The highest BCUT2D eigenvalue weighted by Gasteiger charge is 2.18. The van der Waals surface area contributed by atoms with Gasteiger partial charge in [0.2, 0.25) is 5.82 Å². The molecule has 0 aliphatic carbocycles. The number of aromatic nitrogens is 4. The van der Waals surface area contributed by atoms with Crippen molar-refractivity contribution in [1.29, 1.82) is 0 Å². The van der Waals surface area contributed by atoms with Gasteiger partial charge in [-0.2, -0.15) is 9.07 Å². The van der Waals surface area contributed by atoms with Crippen LogP contribution in [0.15, 0.2) is 18.2 Å². The maximum Gasteiger partial charge on any atom is 0.304 e. The maximum absolute atomic E-state index is 13.6. The number of rotatable bonds is 5. The SMILES string of the molecule is CCNC(C)c1nnnn1-c1ccc([N+](=O)[O-])c(F)c1. The van der Waals surface area contributed by atoms with Crippen LogP contribution in [0.25, 0.3) is 5.69 Å². The number of hydrogen-bond acceptors (Lipinski definition) is 6. The lowest BCUT2D eigenvalue weighted by molar-refractivity contribution is -0.387. The van der Waals surface area contributed by atoms with Crippen molar-refractivity contribution in [2.75, 3.05) is 6.54 Å². The number of halogens is 1. The quantitative estimate of drug-likeness (QED) is 0.656. The molecular weight excluding hydrogens is 267 g/mol. The molecule has 0 bridgehead atoms. The van der Waals surface area contributed by atoms with Crippen LogP contribution >= 0.6 is 0 Å². The molecule has 0 spiro atoms. The molecule has 1 unspecified atom stereocenters. The van der Waals surface area contributed by atoms with Crippen molar-refractivity contribution in [2.45, 2.75) is 19.9 Å². The Bertz CT molecular complexity index is 629. The van der Waals surface area contributed by atoms with Crippen LogP contribution in [-0.4, -0.2) is 31.7 Å². The highest BCUT2D eigenvalue weighted by molar-refractivity contribution is 5.42. The molecular formula is C11H13FN6O2. The molecule has 106 valence electrons. The Labute approximate surface area is 113 Å². The fourth-order valence-electron chi connectivity index (χ4n) is 1.82. The summed E-state index contributed by atoms with van der Waals surface area (Å²) in [6.45, 7) is 4.53. The first-order valence-electron chi connectivity index (χ1n) is 6.00. The summed E-state index contributed by atoms with van der Waals surface area (Å²) in [6.07, 6.45) is 0. The molecule has 2 aromatic rings. The van der Waals surface area contributed by atoms with E-state index in [4.69, 9.17) is 0 Å². The number of nitrogens with zero attached hydrogens (tertiary/aromatic N) is 5. The van der Waals surface area contributed by atoms with Crippen molar-refractivity contribution < 1.29 is 9.31 Å². The number of nitro benzene ring substituents is 1. The molecule has 9 heteroatoms.